The van der Waals surface area contributed by atoms with Crippen LogP contribution < -0.4 is 5.73 Å². The topological polar surface area (TPSA) is 60.9 Å². The van der Waals surface area contributed by atoms with Gasteiger partial charge in [-0.05, 0) is 12.1 Å². The molecule has 0 unspecified atom stereocenters. The molecule has 88 valence electrons. The van der Waals surface area contributed by atoms with E-state index >= 15 is 0 Å². The van der Waals surface area contributed by atoms with Crippen LogP contribution in [0.2, 0.25) is 10.0 Å². The summed E-state index contributed by atoms with van der Waals surface area (Å²) < 4.78 is 1.67. The van der Waals surface area contributed by atoms with Crippen molar-refractivity contribution in [2.75, 3.05) is 5.73 Å². The Morgan fingerprint density at radius 1 is 1.35 bits per heavy atom. The lowest BCUT2D eigenvalue weighted by Gasteiger charge is -2.06. The normalized spacial score (nSPS) is 10.5. The summed E-state index contributed by atoms with van der Waals surface area (Å²) in [4.78, 5) is 15.8. The number of aromatic nitrogens is 2. The number of nitrogen functional groups attached to an aromatic ring is 1. The number of benzene rings is 1. The SMILES string of the molecule is Nc1c(Cl)cc(C(=O)Cn2ccnc2)cc1Cl. The molecule has 0 atom stereocenters. The Morgan fingerprint density at radius 3 is 2.53 bits per heavy atom. The maximum atomic E-state index is 11.9. The van der Waals surface area contributed by atoms with Gasteiger partial charge in [-0.3, -0.25) is 4.79 Å². The summed E-state index contributed by atoms with van der Waals surface area (Å²) in [5.41, 5.74) is 6.31. The van der Waals surface area contributed by atoms with Crippen LogP contribution in [0.5, 0.6) is 0 Å². The molecule has 0 aliphatic heterocycles. The van der Waals surface area contributed by atoms with E-state index in [2.05, 4.69) is 4.98 Å². The average Bonchev–Trinajstić information content (AvgIpc) is 2.77. The quantitative estimate of drug-likeness (QED) is 0.689. The highest BCUT2D eigenvalue weighted by Crippen LogP contribution is 2.29. The van der Waals surface area contributed by atoms with Crippen molar-refractivity contribution in [1.29, 1.82) is 0 Å². The first-order valence-electron chi connectivity index (χ1n) is 4.81. The Bertz CT molecular complexity index is 529. The van der Waals surface area contributed by atoms with Gasteiger partial charge >= 0.3 is 0 Å². The molecule has 0 aliphatic carbocycles. The molecule has 0 fully saturated rings. The summed E-state index contributed by atoms with van der Waals surface area (Å²) in [5, 5.41) is 0.568. The van der Waals surface area contributed by atoms with Crippen LogP contribution in [0.1, 0.15) is 10.4 Å². The number of imidazole rings is 1. The number of hydrogen-bond donors (Lipinski definition) is 1. The summed E-state index contributed by atoms with van der Waals surface area (Å²) in [5.74, 6) is -0.105. The minimum Gasteiger partial charge on any atom is -0.396 e. The summed E-state index contributed by atoms with van der Waals surface area (Å²) in [6, 6.07) is 3.03. The van der Waals surface area contributed by atoms with Crippen LogP contribution in [0.4, 0.5) is 5.69 Å². The number of hydrogen-bond acceptors (Lipinski definition) is 3. The van der Waals surface area contributed by atoms with Crippen LogP contribution in [0, 0.1) is 0 Å². The van der Waals surface area contributed by atoms with Crippen LogP contribution in [0.15, 0.2) is 30.9 Å². The highest BCUT2D eigenvalue weighted by molar-refractivity contribution is 6.39. The van der Waals surface area contributed by atoms with Crippen molar-refractivity contribution in [1.82, 2.24) is 9.55 Å². The molecule has 17 heavy (non-hydrogen) atoms. The first kappa shape index (κ1) is 12.0. The van der Waals surface area contributed by atoms with Gasteiger partial charge in [-0.15, -0.1) is 0 Å². The number of carbonyl (C=O) groups excluding carboxylic acids is 1. The number of halogens is 2. The Balaban J connectivity index is 2.26. The van der Waals surface area contributed by atoms with Crippen molar-refractivity contribution in [3.8, 4) is 0 Å². The van der Waals surface area contributed by atoms with Crippen molar-refractivity contribution < 1.29 is 4.79 Å². The first-order valence-corrected chi connectivity index (χ1v) is 5.57. The zero-order valence-corrected chi connectivity index (χ0v) is 10.2. The van der Waals surface area contributed by atoms with Gasteiger partial charge in [-0.2, -0.15) is 0 Å². The summed E-state index contributed by atoms with van der Waals surface area (Å²) in [6.45, 7) is 0.191. The number of nitrogens with zero attached hydrogens (tertiary/aromatic N) is 2. The van der Waals surface area contributed by atoms with Crippen LogP contribution in [0.25, 0.3) is 0 Å². The van der Waals surface area contributed by atoms with E-state index in [4.69, 9.17) is 28.9 Å². The Kier molecular flexibility index (Phi) is 3.36. The van der Waals surface area contributed by atoms with Crippen molar-refractivity contribution >= 4 is 34.7 Å². The van der Waals surface area contributed by atoms with Gasteiger partial charge in [0.25, 0.3) is 0 Å². The molecule has 1 heterocycles. The fourth-order valence-electron chi connectivity index (χ4n) is 1.38. The zero-order valence-electron chi connectivity index (χ0n) is 8.73. The molecule has 1 aromatic heterocycles. The maximum absolute atomic E-state index is 11.9. The third-order valence-corrected chi connectivity index (χ3v) is 2.91. The van der Waals surface area contributed by atoms with E-state index in [0.717, 1.165) is 0 Å². The summed E-state index contributed by atoms with van der Waals surface area (Å²) >= 11 is 11.7. The van der Waals surface area contributed by atoms with Crippen LogP contribution in [-0.2, 0) is 6.54 Å². The molecule has 0 aliphatic rings. The molecule has 6 heteroatoms. The molecule has 2 N–H and O–H groups in total. The zero-order chi connectivity index (χ0) is 12.4. The lowest BCUT2D eigenvalue weighted by Crippen LogP contribution is -2.09. The van der Waals surface area contributed by atoms with Gasteiger partial charge in [0, 0.05) is 18.0 Å². The first-order chi connectivity index (χ1) is 8.08. The molecule has 0 saturated heterocycles. The minimum atomic E-state index is -0.105. The smallest absolute Gasteiger partial charge is 0.182 e. The second kappa shape index (κ2) is 4.77. The highest BCUT2D eigenvalue weighted by Gasteiger charge is 2.11. The van der Waals surface area contributed by atoms with E-state index in [9.17, 15) is 4.79 Å². The number of nitrogens with two attached hydrogens (primary N) is 1. The molecule has 0 amide bonds. The molecule has 2 aromatic rings. The maximum Gasteiger partial charge on any atom is 0.182 e. The third kappa shape index (κ3) is 2.60. The molecule has 0 radical (unpaired) electrons. The van der Waals surface area contributed by atoms with E-state index < -0.39 is 0 Å². The third-order valence-electron chi connectivity index (χ3n) is 2.29. The number of anilines is 1. The fraction of sp³-hybridized carbons (Fsp3) is 0.0909. The van der Waals surface area contributed by atoms with Gasteiger partial charge < -0.3 is 10.3 Å². The Hall–Kier alpha value is -1.52. The molecule has 0 spiro atoms. The van der Waals surface area contributed by atoms with Crippen molar-refractivity contribution in [3.63, 3.8) is 0 Å². The number of Topliss-reactive ketones (excluding diaryl/α,β-unsaturated/α-hetero) is 1. The predicted octanol–water partition coefficient (Wildman–Crippen LogP) is 2.66. The van der Waals surface area contributed by atoms with Gasteiger partial charge in [0.05, 0.1) is 28.6 Å². The number of ketones is 1. The second-order valence-electron chi connectivity index (χ2n) is 3.51. The standard InChI is InChI=1S/C11H9Cl2N3O/c12-8-3-7(4-9(13)11(8)14)10(17)5-16-2-1-15-6-16/h1-4,6H,5,14H2. The van der Waals surface area contributed by atoms with Gasteiger partial charge in [-0.25, -0.2) is 4.98 Å². The van der Waals surface area contributed by atoms with Gasteiger partial charge in [0.1, 0.15) is 0 Å². The van der Waals surface area contributed by atoms with Crippen molar-refractivity contribution in [2.24, 2.45) is 0 Å². The molecule has 4 nitrogen and oxygen atoms in total. The monoisotopic (exact) mass is 269 g/mol. The van der Waals surface area contributed by atoms with Crippen LogP contribution in [-0.4, -0.2) is 15.3 Å². The van der Waals surface area contributed by atoms with E-state index in [1.807, 2.05) is 0 Å². The van der Waals surface area contributed by atoms with Crippen molar-refractivity contribution in [3.05, 3.63) is 46.5 Å². The predicted molar refractivity (Wildman–Crippen MR) is 67.4 cm³/mol. The molecule has 0 saturated carbocycles. The Morgan fingerprint density at radius 2 is 2.00 bits per heavy atom. The van der Waals surface area contributed by atoms with Crippen LogP contribution in [0.3, 0.4) is 0 Å². The van der Waals surface area contributed by atoms with Crippen LogP contribution >= 0.6 is 23.2 Å². The lowest BCUT2D eigenvalue weighted by atomic mass is 10.1. The van der Waals surface area contributed by atoms with Gasteiger partial charge in [0.2, 0.25) is 0 Å². The molecule has 1 aromatic carbocycles. The van der Waals surface area contributed by atoms with E-state index in [1.165, 1.54) is 12.1 Å². The summed E-state index contributed by atoms with van der Waals surface area (Å²) in [7, 11) is 0. The summed E-state index contributed by atoms with van der Waals surface area (Å²) in [6.07, 6.45) is 4.88. The van der Waals surface area contributed by atoms with Crippen molar-refractivity contribution in [2.45, 2.75) is 6.54 Å². The van der Waals surface area contributed by atoms with Gasteiger partial charge in [0.15, 0.2) is 5.78 Å². The van der Waals surface area contributed by atoms with E-state index in [0.29, 0.717) is 5.56 Å². The highest BCUT2D eigenvalue weighted by atomic mass is 35.5. The fourth-order valence-corrected chi connectivity index (χ4v) is 1.87. The van der Waals surface area contributed by atoms with E-state index in [-0.39, 0.29) is 28.1 Å². The molecular formula is C11H9Cl2N3O. The second-order valence-corrected chi connectivity index (χ2v) is 4.33. The average molecular weight is 270 g/mol. The molecule has 2 rings (SSSR count). The van der Waals surface area contributed by atoms with Gasteiger partial charge in [-0.1, -0.05) is 23.2 Å². The largest absolute Gasteiger partial charge is 0.396 e. The lowest BCUT2D eigenvalue weighted by molar-refractivity contribution is 0.0972. The molecule has 0 bridgehead atoms. The Labute approximate surface area is 108 Å². The number of carbonyl (C=O) groups is 1. The molecular weight excluding hydrogens is 261 g/mol. The van der Waals surface area contributed by atoms with E-state index in [1.54, 1.807) is 23.3 Å². The number of rotatable bonds is 3. The minimum absolute atomic E-state index is 0.105.